The smallest absolute Gasteiger partial charge is 0.412 e. The van der Waals surface area contributed by atoms with Crippen LogP contribution in [0.1, 0.15) is 58.4 Å². The third-order valence-corrected chi connectivity index (χ3v) is 4.60. The number of halogens is 1. The van der Waals surface area contributed by atoms with Gasteiger partial charge < -0.3 is 9.84 Å². The average Bonchev–Trinajstić information content (AvgIpc) is 2.48. The monoisotopic (exact) mass is 353 g/mol. The summed E-state index contributed by atoms with van der Waals surface area (Å²) in [4.78, 5) is 23.9. The molecule has 0 heterocycles. The number of rotatable bonds is 3. The van der Waals surface area contributed by atoms with Crippen LogP contribution >= 0.6 is 11.6 Å². The van der Waals surface area contributed by atoms with Gasteiger partial charge in [-0.05, 0) is 51.3 Å². The predicted molar refractivity (Wildman–Crippen MR) is 93.7 cm³/mol. The van der Waals surface area contributed by atoms with Gasteiger partial charge in [0.05, 0.1) is 16.1 Å². The summed E-state index contributed by atoms with van der Waals surface area (Å²) in [5, 5.41) is 12.8. The number of carbonyl (C=O) groups is 2. The summed E-state index contributed by atoms with van der Waals surface area (Å²) in [6.45, 7) is 5.31. The van der Waals surface area contributed by atoms with Gasteiger partial charge in [-0.1, -0.05) is 36.9 Å². The minimum Gasteiger partial charge on any atom is -0.481 e. The molecule has 1 aromatic rings. The maximum Gasteiger partial charge on any atom is 0.412 e. The number of aliphatic carboxylic acids is 1. The van der Waals surface area contributed by atoms with Gasteiger partial charge >= 0.3 is 12.1 Å². The first kappa shape index (κ1) is 18.6. The summed E-state index contributed by atoms with van der Waals surface area (Å²) in [5.74, 6) is -0.826. The van der Waals surface area contributed by atoms with Gasteiger partial charge in [0, 0.05) is 0 Å². The summed E-state index contributed by atoms with van der Waals surface area (Å²) in [6.07, 6.45) is 3.37. The van der Waals surface area contributed by atoms with Crippen LogP contribution in [0.2, 0.25) is 5.02 Å². The molecule has 0 saturated heterocycles. The highest BCUT2D eigenvalue weighted by Crippen LogP contribution is 2.41. The number of benzene rings is 1. The standard InChI is InChI=1S/C18H24ClNO4/c1-17(2,3)24-16(23)20-14-11-12(7-8-13(14)19)18(15(21)22)9-5-4-6-10-18/h7-8,11H,4-6,9-10H2,1-3H3,(H,20,23)(H,21,22). The van der Waals surface area contributed by atoms with E-state index >= 15 is 0 Å². The van der Waals surface area contributed by atoms with E-state index in [1.165, 1.54) is 0 Å². The maximum atomic E-state index is 12.0. The Bertz CT molecular complexity index is 630. The van der Waals surface area contributed by atoms with Crippen molar-refractivity contribution in [1.82, 2.24) is 0 Å². The van der Waals surface area contributed by atoms with Gasteiger partial charge in [-0.15, -0.1) is 0 Å². The van der Waals surface area contributed by atoms with Crippen LogP contribution in [0.15, 0.2) is 18.2 Å². The SMILES string of the molecule is CC(C)(C)OC(=O)Nc1cc(C2(C(=O)O)CCCCC2)ccc1Cl. The number of hydrogen-bond donors (Lipinski definition) is 2. The van der Waals surface area contributed by atoms with E-state index in [2.05, 4.69) is 5.32 Å². The van der Waals surface area contributed by atoms with E-state index < -0.39 is 23.1 Å². The van der Waals surface area contributed by atoms with Crippen molar-refractivity contribution in [3.8, 4) is 0 Å². The predicted octanol–water partition coefficient (Wildman–Crippen LogP) is 4.97. The van der Waals surface area contributed by atoms with Crippen molar-refractivity contribution in [2.24, 2.45) is 0 Å². The second-order valence-electron chi connectivity index (χ2n) is 7.27. The first-order valence-electron chi connectivity index (χ1n) is 8.17. The van der Waals surface area contributed by atoms with Gasteiger partial charge in [0.25, 0.3) is 0 Å². The van der Waals surface area contributed by atoms with Gasteiger partial charge in [0.2, 0.25) is 0 Å². The lowest BCUT2D eigenvalue weighted by atomic mass is 9.69. The van der Waals surface area contributed by atoms with Gasteiger partial charge in [-0.3, -0.25) is 10.1 Å². The quantitative estimate of drug-likeness (QED) is 0.804. The lowest BCUT2D eigenvalue weighted by Gasteiger charge is -2.34. The molecule has 1 saturated carbocycles. The van der Waals surface area contributed by atoms with Crippen molar-refractivity contribution in [3.63, 3.8) is 0 Å². The molecule has 1 amide bonds. The number of amides is 1. The Kier molecular flexibility index (Phi) is 5.43. The second kappa shape index (κ2) is 7.01. The number of ether oxygens (including phenoxy) is 1. The largest absolute Gasteiger partial charge is 0.481 e. The van der Waals surface area contributed by atoms with E-state index in [4.69, 9.17) is 16.3 Å². The Labute approximate surface area is 147 Å². The minimum absolute atomic E-state index is 0.348. The lowest BCUT2D eigenvalue weighted by molar-refractivity contribution is -0.145. The summed E-state index contributed by atoms with van der Waals surface area (Å²) < 4.78 is 5.23. The molecule has 0 radical (unpaired) electrons. The fourth-order valence-corrected chi connectivity index (χ4v) is 3.28. The molecule has 5 nitrogen and oxygen atoms in total. The van der Waals surface area contributed by atoms with Crippen molar-refractivity contribution >= 4 is 29.4 Å². The molecular weight excluding hydrogens is 330 g/mol. The topological polar surface area (TPSA) is 75.6 Å². The van der Waals surface area contributed by atoms with Gasteiger partial charge in [-0.2, -0.15) is 0 Å². The summed E-state index contributed by atoms with van der Waals surface area (Å²) in [5.41, 5.74) is -0.493. The average molecular weight is 354 g/mol. The highest BCUT2D eigenvalue weighted by atomic mass is 35.5. The van der Waals surface area contributed by atoms with Crippen molar-refractivity contribution < 1.29 is 19.4 Å². The molecular formula is C18H24ClNO4. The first-order chi connectivity index (χ1) is 11.1. The third kappa shape index (κ3) is 4.20. The van der Waals surface area contributed by atoms with Crippen LogP contribution < -0.4 is 5.32 Å². The van der Waals surface area contributed by atoms with Gasteiger partial charge in [-0.25, -0.2) is 4.79 Å². The number of anilines is 1. The van der Waals surface area contributed by atoms with Crippen LogP contribution in [-0.4, -0.2) is 22.8 Å². The van der Waals surface area contributed by atoms with E-state index in [0.29, 0.717) is 29.1 Å². The van der Waals surface area contributed by atoms with Crippen molar-refractivity contribution in [2.45, 2.75) is 63.9 Å². The van der Waals surface area contributed by atoms with Crippen molar-refractivity contribution in [1.29, 1.82) is 0 Å². The van der Waals surface area contributed by atoms with Crippen LogP contribution in [0.4, 0.5) is 10.5 Å². The second-order valence-corrected chi connectivity index (χ2v) is 7.68. The summed E-state index contributed by atoms with van der Waals surface area (Å²) in [6, 6.07) is 5.02. The Morgan fingerprint density at radius 3 is 2.38 bits per heavy atom. The number of nitrogens with one attached hydrogen (secondary N) is 1. The molecule has 1 aliphatic rings. The lowest BCUT2D eigenvalue weighted by Crippen LogP contribution is -2.38. The third-order valence-electron chi connectivity index (χ3n) is 4.27. The maximum absolute atomic E-state index is 12.0. The summed E-state index contributed by atoms with van der Waals surface area (Å²) in [7, 11) is 0. The molecule has 2 rings (SSSR count). The van der Waals surface area contributed by atoms with E-state index in [1.807, 2.05) is 0 Å². The van der Waals surface area contributed by atoms with E-state index in [9.17, 15) is 14.7 Å². The summed E-state index contributed by atoms with van der Waals surface area (Å²) >= 11 is 6.16. The molecule has 24 heavy (non-hydrogen) atoms. The molecule has 0 spiro atoms. The van der Waals surface area contributed by atoms with Crippen LogP contribution in [-0.2, 0) is 14.9 Å². The molecule has 1 fully saturated rings. The van der Waals surface area contributed by atoms with Gasteiger partial charge in [0.1, 0.15) is 5.60 Å². The fourth-order valence-electron chi connectivity index (χ4n) is 3.11. The van der Waals surface area contributed by atoms with Crippen LogP contribution in [0.25, 0.3) is 0 Å². The van der Waals surface area contributed by atoms with Gasteiger partial charge in [0.15, 0.2) is 0 Å². The Morgan fingerprint density at radius 2 is 1.83 bits per heavy atom. The number of carbonyl (C=O) groups excluding carboxylic acids is 1. The molecule has 0 aromatic heterocycles. The number of carboxylic acids is 1. The van der Waals surface area contributed by atoms with Crippen LogP contribution in [0, 0.1) is 0 Å². The molecule has 1 aliphatic carbocycles. The molecule has 132 valence electrons. The zero-order valence-corrected chi connectivity index (χ0v) is 15.1. The van der Waals surface area contributed by atoms with Crippen molar-refractivity contribution in [2.75, 3.05) is 5.32 Å². The molecule has 1 aromatic carbocycles. The highest BCUT2D eigenvalue weighted by molar-refractivity contribution is 6.33. The molecule has 0 unspecified atom stereocenters. The van der Waals surface area contributed by atoms with E-state index in [-0.39, 0.29) is 0 Å². The molecule has 2 N–H and O–H groups in total. The van der Waals surface area contributed by atoms with E-state index in [1.54, 1.807) is 39.0 Å². The molecule has 0 bridgehead atoms. The van der Waals surface area contributed by atoms with Crippen LogP contribution in [0.5, 0.6) is 0 Å². The fraction of sp³-hybridized carbons (Fsp3) is 0.556. The van der Waals surface area contributed by atoms with Crippen molar-refractivity contribution in [3.05, 3.63) is 28.8 Å². The minimum atomic E-state index is -0.910. The number of carboxylic acid groups (broad SMARTS) is 1. The molecule has 0 atom stereocenters. The molecule has 0 aliphatic heterocycles. The Hall–Kier alpha value is -1.75. The zero-order chi connectivity index (χ0) is 18.0. The normalized spacial score (nSPS) is 17.2. The van der Waals surface area contributed by atoms with E-state index in [0.717, 1.165) is 19.3 Å². The Morgan fingerprint density at radius 1 is 1.21 bits per heavy atom. The Balaban J connectivity index is 2.30. The van der Waals surface area contributed by atoms with Crippen LogP contribution in [0.3, 0.4) is 0 Å². The molecule has 6 heteroatoms. The number of hydrogen-bond acceptors (Lipinski definition) is 3. The first-order valence-corrected chi connectivity index (χ1v) is 8.55. The highest BCUT2D eigenvalue weighted by Gasteiger charge is 2.41. The zero-order valence-electron chi connectivity index (χ0n) is 14.3.